The van der Waals surface area contributed by atoms with Crippen molar-refractivity contribution in [2.75, 3.05) is 18.1 Å². The zero-order valence-corrected chi connectivity index (χ0v) is 12.4. The molecule has 0 saturated heterocycles. The molecule has 0 radical (unpaired) electrons. The molecule has 102 valence electrons. The van der Waals surface area contributed by atoms with E-state index in [2.05, 4.69) is 31.1 Å². The fraction of sp³-hybridized carbons (Fsp3) is 0.643. The SMILES string of the molecule is CCSCCCOc1ccc(CNC(C)C)nc1. The summed E-state index contributed by atoms with van der Waals surface area (Å²) in [6.07, 6.45) is 2.90. The van der Waals surface area contributed by atoms with Gasteiger partial charge in [-0.25, -0.2) is 0 Å². The van der Waals surface area contributed by atoms with Gasteiger partial charge in [-0.05, 0) is 30.1 Å². The lowest BCUT2D eigenvalue weighted by Gasteiger charge is -2.09. The zero-order valence-electron chi connectivity index (χ0n) is 11.6. The molecule has 3 nitrogen and oxygen atoms in total. The molecule has 0 aliphatic carbocycles. The van der Waals surface area contributed by atoms with Crippen molar-refractivity contribution in [3.05, 3.63) is 24.0 Å². The third-order valence-corrected chi connectivity index (χ3v) is 3.38. The topological polar surface area (TPSA) is 34.1 Å². The highest BCUT2D eigenvalue weighted by atomic mass is 32.2. The Balaban J connectivity index is 2.23. The first-order valence-electron chi connectivity index (χ1n) is 6.61. The first kappa shape index (κ1) is 15.3. The number of aromatic nitrogens is 1. The van der Waals surface area contributed by atoms with E-state index in [1.54, 1.807) is 0 Å². The number of pyridine rings is 1. The van der Waals surface area contributed by atoms with Crippen LogP contribution in [0.15, 0.2) is 18.3 Å². The van der Waals surface area contributed by atoms with E-state index < -0.39 is 0 Å². The average Bonchev–Trinajstić information content (AvgIpc) is 2.37. The molecule has 4 heteroatoms. The Morgan fingerprint density at radius 3 is 2.83 bits per heavy atom. The second-order valence-electron chi connectivity index (χ2n) is 4.42. The van der Waals surface area contributed by atoms with Crippen LogP contribution in [0.3, 0.4) is 0 Å². The van der Waals surface area contributed by atoms with E-state index in [1.807, 2.05) is 30.1 Å². The molecule has 0 spiro atoms. The largest absolute Gasteiger partial charge is 0.492 e. The summed E-state index contributed by atoms with van der Waals surface area (Å²) in [7, 11) is 0. The quantitative estimate of drug-likeness (QED) is 0.698. The van der Waals surface area contributed by atoms with Gasteiger partial charge < -0.3 is 10.1 Å². The van der Waals surface area contributed by atoms with Crippen LogP contribution in [-0.2, 0) is 6.54 Å². The third-order valence-electron chi connectivity index (χ3n) is 2.39. The Hall–Kier alpha value is -0.740. The Morgan fingerprint density at radius 2 is 2.22 bits per heavy atom. The van der Waals surface area contributed by atoms with Crippen LogP contribution in [-0.4, -0.2) is 29.1 Å². The van der Waals surface area contributed by atoms with Gasteiger partial charge in [0.05, 0.1) is 18.5 Å². The lowest BCUT2D eigenvalue weighted by Crippen LogP contribution is -2.22. The first-order valence-corrected chi connectivity index (χ1v) is 7.76. The molecular formula is C14H24N2OS. The Kier molecular flexibility index (Phi) is 7.85. The molecule has 0 saturated carbocycles. The molecule has 0 fully saturated rings. The molecule has 0 amide bonds. The van der Waals surface area contributed by atoms with Crippen molar-refractivity contribution in [3.63, 3.8) is 0 Å². The van der Waals surface area contributed by atoms with E-state index in [0.29, 0.717) is 6.04 Å². The van der Waals surface area contributed by atoms with Gasteiger partial charge >= 0.3 is 0 Å². The number of ether oxygens (including phenoxy) is 1. The molecule has 1 rings (SSSR count). The van der Waals surface area contributed by atoms with E-state index in [4.69, 9.17) is 4.74 Å². The molecule has 18 heavy (non-hydrogen) atoms. The molecule has 1 heterocycles. The minimum absolute atomic E-state index is 0.485. The number of thioether (sulfide) groups is 1. The maximum absolute atomic E-state index is 5.64. The van der Waals surface area contributed by atoms with Crippen LogP contribution >= 0.6 is 11.8 Å². The number of hydrogen-bond acceptors (Lipinski definition) is 4. The zero-order chi connectivity index (χ0) is 13.2. The summed E-state index contributed by atoms with van der Waals surface area (Å²) >= 11 is 1.95. The van der Waals surface area contributed by atoms with Crippen LogP contribution in [0, 0.1) is 0 Å². The van der Waals surface area contributed by atoms with Gasteiger partial charge in [0.25, 0.3) is 0 Å². The molecule has 0 aromatic carbocycles. The van der Waals surface area contributed by atoms with Gasteiger partial charge in [-0.3, -0.25) is 4.98 Å². The molecule has 1 aromatic heterocycles. The van der Waals surface area contributed by atoms with Crippen LogP contribution in [0.4, 0.5) is 0 Å². The minimum Gasteiger partial charge on any atom is -0.492 e. The van der Waals surface area contributed by atoms with Crippen LogP contribution in [0.25, 0.3) is 0 Å². The van der Waals surface area contributed by atoms with Crippen molar-refractivity contribution in [1.82, 2.24) is 10.3 Å². The van der Waals surface area contributed by atoms with E-state index in [9.17, 15) is 0 Å². The van der Waals surface area contributed by atoms with Crippen molar-refractivity contribution in [2.24, 2.45) is 0 Å². The molecule has 1 aromatic rings. The van der Waals surface area contributed by atoms with Gasteiger partial charge in [-0.1, -0.05) is 20.8 Å². The molecule has 0 aliphatic heterocycles. The van der Waals surface area contributed by atoms with Crippen molar-refractivity contribution >= 4 is 11.8 Å². The monoisotopic (exact) mass is 268 g/mol. The van der Waals surface area contributed by atoms with Gasteiger partial charge in [0.15, 0.2) is 0 Å². The van der Waals surface area contributed by atoms with Gasteiger partial charge in [0.1, 0.15) is 5.75 Å². The van der Waals surface area contributed by atoms with Crippen molar-refractivity contribution in [3.8, 4) is 5.75 Å². The van der Waals surface area contributed by atoms with E-state index >= 15 is 0 Å². The van der Waals surface area contributed by atoms with Crippen LogP contribution in [0.1, 0.15) is 32.9 Å². The Bertz CT molecular complexity index is 314. The number of nitrogens with one attached hydrogen (secondary N) is 1. The van der Waals surface area contributed by atoms with Crippen LogP contribution < -0.4 is 10.1 Å². The fourth-order valence-corrected chi connectivity index (χ4v) is 2.02. The highest BCUT2D eigenvalue weighted by Gasteiger charge is 1.98. The molecule has 0 atom stereocenters. The summed E-state index contributed by atoms with van der Waals surface area (Å²) in [5.74, 6) is 3.21. The number of hydrogen-bond donors (Lipinski definition) is 1. The van der Waals surface area contributed by atoms with Crippen molar-refractivity contribution in [1.29, 1.82) is 0 Å². The van der Waals surface area contributed by atoms with Gasteiger partial charge in [-0.15, -0.1) is 0 Å². The van der Waals surface area contributed by atoms with Crippen molar-refractivity contribution in [2.45, 2.75) is 39.8 Å². The fourth-order valence-electron chi connectivity index (χ4n) is 1.40. The second kappa shape index (κ2) is 9.22. The second-order valence-corrected chi connectivity index (χ2v) is 5.81. The summed E-state index contributed by atoms with van der Waals surface area (Å²) < 4.78 is 5.64. The summed E-state index contributed by atoms with van der Waals surface area (Å²) in [4.78, 5) is 4.37. The highest BCUT2D eigenvalue weighted by molar-refractivity contribution is 7.99. The Labute approximate surface area is 115 Å². The molecule has 0 bridgehead atoms. The third kappa shape index (κ3) is 6.87. The summed E-state index contributed by atoms with van der Waals surface area (Å²) in [6.45, 7) is 8.03. The van der Waals surface area contributed by atoms with E-state index in [-0.39, 0.29) is 0 Å². The molecule has 0 aliphatic rings. The molecular weight excluding hydrogens is 244 g/mol. The lowest BCUT2D eigenvalue weighted by molar-refractivity contribution is 0.317. The predicted octanol–water partition coefficient (Wildman–Crippen LogP) is 3.10. The van der Waals surface area contributed by atoms with Gasteiger partial charge in [-0.2, -0.15) is 11.8 Å². The van der Waals surface area contributed by atoms with Crippen molar-refractivity contribution < 1.29 is 4.74 Å². The minimum atomic E-state index is 0.485. The van der Waals surface area contributed by atoms with Crippen LogP contribution in [0.2, 0.25) is 0 Å². The highest BCUT2D eigenvalue weighted by Crippen LogP contribution is 2.10. The Morgan fingerprint density at radius 1 is 1.39 bits per heavy atom. The summed E-state index contributed by atoms with van der Waals surface area (Å²) in [6, 6.07) is 4.50. The van der Waals surface area contributed by atoms with Crippen LogP contribution in [0.5, 0.6) is 5.75 Å². The van der Waals surface area contributed by atoms with E-state index in [1.165, 1.54) is 11.5 Å². The normalized spacial score (nSPS) is 10.9. The summed E-state index contributed by atoms with van der Waals surface area (Å²) in [5, 5.41) is 3.34. The first-order chi connectivity index (χ1) is 8.72. The summed E-state index contributed by atoms with van der Waals surface area (Å²) in [5.41, 5.74) is 1.05. The maximum atomic E-state index is 5.64. The van der Waals surface area contributed by atoms with Gasteiger partial charge in [0.2, 0.25) is 0 Å². The molecule has 0 unspecified atom stereocenters. The average molecular weight is 268 g/mol. The standard InChI is InChI=1S/C14H24N2OS/c1-4-18-9-5-8-17-14-7-6-13(16-11-14)10-15-12(2)3/h6-7,11-12,15H,4-5,8-10H2,1-3H3. The lowest BCUT2D eigenvalue weighted by atomic mass is 10.3. The number of rotatable bonds is 9. The molecule has 1 N–H and O–H groups in total. The predicted molar refractivity (Wildman–Crippen MR) is 79.3 cm³/mol. The smallest absolute Gasteiger partial charge is 0.137 e. The van der Waals surface area contributed by atoms with Gasteiger partial charge in [0, 0.05) is 12.6 Å². The van der Waals surface area contributed by atoms with E-state index in [0.717, 1.165) is 31.0 Å². The number of nitrogens with zero attached hydrogens (tertiary/aromatic N) is 1. The maximum Gasteiger partial charge on any atom is 0.137 e.